The Labute approximate surface area is 90.8 Å². The van der Waals surface area contributed by atoms with Crippen LogP contribution in [-0.4, -0.2) is 19.7 Å². The first-order valence-electron chi connectivity index (χ1n) is 5.78. The lowest BCUT2D eigenvalue weighted by Crippen LogP contribution is -2.37. The number of rotatable bonds is 0. The quantitative estimate of drug-likeness (QED) is 0.642. The second-order valence-electron chi connectivity index (χ2n) is 4.58. The van der Waals surface area contributed by atoms with E-state index in [9.17, 15) is 0 Å². The van der Waals surface area contributed by atoms with Crippen molar-refractivity contribution in [1.29, 1.82) is 0 Å². The minimum Gasteiger partial charge on any atom is -0.490 e. The predicted molar refractivity (Wildman–Crippen MR) is 61.9 cm³/mol. The predicted octanol–water partition coefficient (Wildman–Crippen LogP) is 2.45. The molecule has 0 saturated heterocycles. The fourth-order valence-electron chi connectivity index (χ4n) is 2.75. The van der Waals surface area contributed by atoms with Gasteiger partial charge in [0.05, 0.1) is 12.2 Å². The van der Waals surface area contributed by atoms with E-state index in [2.05, 4.69) is 24.8 Å². The van der Waals surface area contributed by atoms with Crippen molar-refractivity contribution in [3.05, 3.63) is 22.8 Å². The zero-order chi connectivity index (χ0) is 10.4. The van der Waals surface area contributed by atoms with Crippen molar-refractivity contribution in [1.82, 2.24) is 0 Å². The summed E-state index contributed by atoms with van der Waals surface area (Å²) in [6.45, 7) is 7.52. The molecule has 3 rings (SSSR count). The highest BCUT2D eigenvalue weighted by Crippen LogP contribution is 2.41. The standard InChI is InChI=1S/C13H17NO/c1-9-8-12-13-11(10(9)2)4-3-5-14(13)6-7-15-12/h8H,3-7H2,1-2H3. The van der Waals surface area contributed by atoms with Crippen molar-refractivity contribution in [3.63, 3.8) is 0 Å². The van der Waals surface area contributed by atoms with Crippen LogP contribution in [0.5, 0.6) is 5.75 Å². The largest absolute Gasteiger partial charge is 0.490 e. The highest BCUT2D eigenvalue weighted by molar-refractivity contribution is 5.69. The Kier molecular flexibility index (Phi) is 1.91. The number of hydrogen-bond donors (Lipinski definition) is 0. The van der Waals surface area contributed by atoms with Gasteiger partial charge in [0, 0.05) is 6.54 Å². The van der Waals surface area contributed by atoms with Crippen molar-refractivity contribution in [3.8, 4) is 5.75 Å². The summed E-state index contributed by atoms with van der Waals surface area (Å²) < 4.78 is 5.76. The molecule has 2 heterocycles. The first-order chi connectivity index (χ1) is 7.27. The second-order valence-corrected chi connectivity index (χ2v) is 4.58. The van der Waals surface area contributed by atoms with Gasteiger partial charge in [0.1, 0.15) is 12.4 Å². The van der Waals surface area contributed by atoms with Gasteiger partial charge in [0.15, 0.2) is 0 Å². The number of ether oxygens (including phenoxy) is 1. The Morgan fingerprint density at radius 1 is 1.27 bits per heavy atom. The number of hydrogen-bond acceptors (Lipinski definition) is 2. The van der Waals surface area contributed by atoms with Gasteiger partial charge in [-0.15, -0.1) is 0 Å². The molecule has 15 heavy (non-hydrogen) atoms. The summed E-state index contributed by atoms with van der Waals surface area (Å²) in [4.78, 5) is 2.49. The highest BCUT2D eigenvalue weighted by atomic mass is 16.5. The Morgan fingerprint density at radius 2 is 2.13 bits per heavy atom. The summed E-state index contributed by atoms with van der Waals surface area (Å²) in [5.41, 5.74) is 5.74. The SMILES string of the molecule is Cc1cc2c3c(c1C)CCCN3CCO2. The van der Waals surface area contributed by atoms with E-state index in [1.165, 1.54) is 41.8 Å². The maximum absolute atomic E-state index is 5.76. The zero-order valence-corrected chi connectivity index (χ0v) is 9.47. The van der Waals surface area contributed by atoms with Gasteiger partial charge in [-0.1, -0.05) is 0 Å². The van der Waals surface area contributed by atoms with E-state index in [1.54, 1.807) is 0 Å². The molecule has 0 spiro atoms. The topological polar surface area (TPSA) is 12.5 Å². The van der Waals surface area contributed by atoms with Crippen molar-refractivity contribution < 1.29 is 4.74 Å². The van der Waals surface area contributed by atoms with E-state index in [4.69, 9.17) is 4.74 Å². The fourth-order valence-corrected chi connectivity index (χ4v) is 2.75. The van der Waals surface area contributed by atoms with Crippen LogP contribution >= 0.6 is 0 Å². The lowest BCUT2D eigenvalue weighted by atomic mass is 9.92. The molecule has 1 aromatic carbocycles. The Balaban J connectivity index is 2.25. The molecule has 0 N–H and O–H groups in total. The molecule has 2 aliphatic heterocycles. The smallest absolute Gasteiger partial charge is 0.143 e. The highest BCUT2D eigenvalue weighted by Gasteiger charge is 2.26. The Hall–Kier alpha value is -1.18. The molecule has 0 aliphatic carbocycles. The van der Waals surface area contributed by atoms with E-state index in [0.29, 0.717) is 0 Å². The van der Waals surface area contributed by atoms with Crippen LogP contribution in [0.25, 0.3) is 0 Å². The molecule has 0 amide bonds. The van der Waals surface area contributed by atoms with Crippen LogP contribution in [0.3, 0.4) is 0 Å². The molecule has 2 aliphatic rings. The van der Waals surface area contributed by atoms with Gasteiger partial charge in [-0.3, -0.25) is 0 Å². The zero-order valence-electron chi connectivity index (χ0n) is 9.47. The number of aryl methyl sites for hydroxylation is 1. The minimum absolute atomic E-state index is 0.842. The molecule has 0 saturated carbocycles. The molecule has 0 atom stereocenters. The third-order valence-corrected chi connectivity index (χ3v) is 3.70. The minimum atomic E-state index is 0.842. The molecular weight excluding hydrogens is 186 g/mol. The van der Waals surface area contributed by atoms with Crippen molar-refractivity contribution in [2.45, 2.75) is 26.7 Å². The fraction of sp³-hybridized carbons (Fsp3) is 0.538. The number of anilines is 1. The summed E-state index contributed by atoms with van der Waals surface area (Å²) in [7, 11) is 0. The van der Waals surface area contributed by atoms with Crippen molar-refractivity contribution in [2.24, 2.45) is 0 Å². The summed E-state index contributed by atoms with van der Waals surface area (Å²) in [5.74, 6) is 1.11. The van der Waals surface area contributed by atoms with Crippen LogP contribution in [0.15, 0.2) is 6.07 Å². The summed E-state index contributed by atoms with van der Waals surface area (Å²) in [6, 6.07) is 2.20. The van der Waals surface area contributed by atoms with Crippen LogP contribution < -0.4 is 9.64 Å². The third-order valence-electron chi connectivity index (χ3n) is 3.70. The van der Waals surface area contributed by atoms with Crippen LogP contribution in [0, 0.1) is 13.8 Å². The number of nitrogens with zero attached hydrogens (tertiary/aromatic N) is 1. The Bertz CT molecular complexity index is 409. The van der Waals surface area contributed by atoms with Crippen molar-refractivity contribution >= 4 is 5.69 Å². The van der Waals surface area contributed by atoms with E-state index in [-0.39, 0.29) is 0 Å². The molecule has 2 heteroatoms. The van der Waals surface area contributed by atoms with E-state index in [1.807, 2.05) is 0 Å². The van der Waals surface area contributed by atoms with Gasteiger partial charge in [-0.25, -0.2) is 0 Å². The summed E-state index contributed by atoms with van der Waals surface area (Å²) >= 11 is 0. The molecule has 2 nitrogen and oxygen atoms in total. The Morgan fingerprint density at radius 3 is 3.00 bits per heavy atom. The van der Waals surface area contributed by atoms with Crippen LogP contribution in [0.1, 0.15) is 23.1 Å². The summed E-state index contributed by atoms with van der Waals surface area (Å²) in [5, 5.41) is 0. The molecule has 1 aromatic rings. The van der Waals surface area contributed by atoms with E-state index in [0.717, 1.165) is 18.9 Å². The van der Waals surface area contributed by atoms with E-state index < -0.39 is 0 Å². The number of benzene rings is 1. The van der Waals surface area contributed by atoms with Gasteiger partial charge in [0.2, 0.25) is 0 Å². The van der Waals surface area contributed by atoms with Crippen LogP contribution in [-0.2, 0) is 6.42 Å². The molecule has 0 bridgehead atoms. The van der Waals surface area contributed by atoms with E-state index >= 15 is 0 Å². The van der Waals surface area contributed by atoms with Gasteiger partial charge in [0.25, 0.3) is 0 Å². The average molecular weight is 203 g/mol. The van der Waals surface area contributed by atoms with Gasteiger partial charge in [-0.2, -0.15) is 0 Å². The molecule has 0 unspecified atom stereocenters. The molecule has 80 valence electrons. The maximum atomic E-state index is 5.76. The lowest BCUT2D eigenvalue weighted by molar-refractivity contribution is 0.304. The summed E-state index contributed by atoms with van der Waals surface area (Å²) in [6.07, 6.45) is 2.51. The van der Waals surface area contributed by atoms with Gasteiger partial charge >= 0.3 is 0 Å². The average Bonchev–Trinajstić information content (AvgIpc) is 2.26. The third kappa shape index (κ3) is 1.24. The maximum Gasteiger partial charge on any atom is 0.143 e. The van der Waals surface area contributed by atoms with Gasteiger partial charge < -0.3 is 9.64 Å². The lowest BCUT2D eigenvalue weighted by Gasteiger charge is -2.37. The molecule has 0 radical (unpaired) electrons. The molecule has 0 aromatic heterocycles. The van der Waals surface area contributed by atoms with Crippen LogP contribution in [0.4, 0.5) is 5.69 Å². The normalized spacial score (nSPS) is 18.4. The molecular formula is C13H17NO. The van der Waals surface area contributed by atoms with Gasteiger partial charge in [-0.05, 0) is 49.4 Å². The van der Waals surface area contributed by atoms with Crippen LogP contribution in [0.2, 0.25) is 0 Å². The second kappa shape index (κ2) is 3.16. The first-order valence-corrected chi connectivity index (χ1v) is 5.78. The molecule has 0 fully saturated rings. The first kappa shape index (κ1) is 9.08. The monoisotopic (exact) mass is 203 g/mol. The van der Waals surface area contributed by atoms with Crippen molar-refractivity contribution in [2.75, 3.05) is 24.6 Å².